The maximum absolute atomic E-state index is 13.3. The molecule has 1 aliphatic heterocycles. The van der Waals surface area contributed by atoms with Crippen molar-refractivity contribution < 1.29 is 18.4 Å². The van der Waals surface area contributed by atoms with E-state index < -0.39 is 11.9 Å². The number of halogens is 2. The van der Waals surface area contributed by atoms with Gasteiger partial charge in [-0.1, -0.05) is 6.07 Å². The van der Waals surface area contributed by atoms with Gasteiger partial charge in [-0.05, 0) is 49.4 Å². The maximum Gasteiger partial charge on any atom is 0.254 e. The Labute approximate surface area is 138 Å². The van der Waals surface area contributed by atoms with Crippen molar-refractivity contribution in [2.45, 2.75) is 13.0 Å². The van der Waals surface area contributed by atoms with Crippen molar-refractivity contribution in [2.75, 3.05) is 18.0 Å². The first-order chi connectivity index (χ1) is 11.5. The Hall–Kier alpha value is -2.76. The van der Waals surface area contributed by atoms with Gasteiger partial charge in [-0.25, -0.2) is 8.78 Å². The Morgan fingerprint density at radius 1 is 1.04 bits per heavy atom. The summed E-state index contributed by atoms with van der Waals surface area (Å²) in [6.45, 7) is 2.25. The molecule has 0 radical (unpaired) electrons. The normalized spacial score (nSPS) is 18.0. The third-order valence-electron chi connectivity index (χ3n) is 4.13. The van der Waals surface area contributed by atoms with Gasteiger partial charge in [0.05, 0.1) is 0 Å². The van der Waals surface area contributed by atoms with Crippen LogP contribution >= 0.6 is 0 Å². The molecule has 0 N–H and O–H groups in total. The van der Waals surface area contributed by atoms with Crippen LogP contribution in [0.2, 0.25) is 0 Å². The van der Waals surface area contributed by atoms with Gasteiger partial charge in [-0.15, -0.1) is 0 Å². The Balaban J connectivity index is 1.79. The van der Waals surface area contributed by atoms with E-state index in [-0.39, 0.29) is 23.2 Å². The highest BCUT2D eigenvalue weighted by molar-refractivity contribution is 6.03. The third kappa shape index (κ3) is 2.99. The number of rotatable bonds is 2. The number of piperazine rings is 1. The summed E-state index contributed by atoms with van der Waals surface area (Å²) in [5.41, 5.74) is 0.802. The van der Waals surface area contributed by atoms with Gasteiger partial charge >= 0.3 is 0 Å². The molecule has 124 valence electrons. The Bertz CT molecular complexity index is 777. The number of benzene rings is 2. The zero-order valence-electron chi connectivity index (χ0n) is 13.1. The number of hydrogen-bond donors (Lipinski definition) is 0. The molecule has 0 unspecified atom stereocenters. The maximum atomic E-state index is 13.3. The minimum Gasteiger partial charge on any atom is -0.325 e. The standard InChI is InChI=1S/C18H16F2N2O2/c1-12-17(23)22(16-7-5-14(19)6-8-16)10-9-21(12)18(24)13-3-2-4-15(20)11-13/h2-8,11-12H,9-10H2,1H3/t12-/m1/s1. The van der Waals surface area contributed by atoms with Gasteiger partial charge in [0.25, 0.3) is 5.91 Å². The van der Waals surface area contributed by atoms with E-state index in [2.05, 4.69) is 0 Å². The largest absolute Gasteiger partial charge is 0.325 e. The fourth-order valence-electron chi connectivity index (χ4n) is 2.81. The van der Waals surface area contributed by atoms with Gasteiger partial charge in [0.15, 0.2) is 0 Å². The number of amides is 2. The molecule has 3 rings (SSSR count). The number of nitrogens with zero attached hydrogens (tertiary/aromatic N) is 2. The summed E-state index contributed by atoms with van der Waals surface area (Å²) in [4.78, 5) is 28.1. The van der Waals surface area contributed by atoms with E-state index in [9.17, 15) is 18.4 Å². The molecule has 1 atom stereocenters. The Morgan fingerprint density at radius 2 is 1.75 bits per heavy atom. The van der Waals surface area contributed by atoms with Crippen LogP contribution in [0.4, 0.5) is 14.5 Å². The fourth-order valence-corrected chi connectivity index (χ4v) is 2.81. The summed E-state index contributed by atoms with van der Waals surface area (Å²) in [6.07, 6.45) is 0. The van der Waals surface area contributed by atoms with E-state index in [1.807, 2.05) is 0 Å². The predicted molar refractivity (Wildman–Crippen MR) is 85.7 cm³/mol. The number of hydrogen-bond acceptors (Lipinski definition) is 2. The van der Waals surface area contributed by atoms with E-state index in [0.717, 1.165) is 6.07 Å². The lowest BCUT2D eigenvalue weighted by Gasteiger charge is -2.39. The smallest absolute Gasteiger partial charge is 0.254 e. The average Bonchev–Trinajstić information content (AvgIpc) is 2.58. The SMILES string of the molecule is C[C@@H]1C(=O)N(c2ccc(F)cc2)CCN1C(=O)c1cccc(F)c1. The molecule has 0 aromatic heterocycles. The minimum absolute atomic E-state index is 0.213. The summed E-state index contributed by atoms with van der Waals surface area (Å²) in [5.74, 6) is -1.50. The van der Waals surface area contributed by atoms with Crippen molar-refractivity contribution in [1.29, 1.82) is 0 Å². The van der Waals surface area contributed by atoms with Crippen molar-refractivity contribution in [3.05, 3.63) is 65.7 Å². The van der Waals surface area contributed by atoms with Gasteiger partial charge in [0, 0.05) is 24.3 Å². The molecule has 4 nitrogen and oxygen atoms in total. The molecule has 1 saturated heterocycles. The van der Waals surface area contributed by atoms with Crippen LogP contribution in [-0.2, 0) is 4.79 Å². The molecule has 0 spiro atoms. The molecule has 0 aliphatic carbocycles. The summed E-state index contributed by atoms with van der Waals surface area (Å²) in [7, 11) is 0. The molecule has 2 amide bonds. The molecule has 2 aromatic rings. The van der Waals surface area contributed by atoms with E-state index in [1.54, 1.807) is 6.92 Å². The molecule has 0 saturated carbocycles. The second-order valence-electron chi connectivity index (χ2n) is 5.65. The van der Waals surface area contributed by atoms with Gasteiger partial charge in [-0.3, -0.25) is 9.59 Å². The summed E-state index contributed by atoms with van der Waals surface area (Å²) < 4.78 is 26.3. The van der Waals surface area contributed by atoms with Crippen LogP contribution in [0.1, 0.15) is 17.3 Å². The lowest BCUT2D eigenvalue weighted by Crippen LogP contribution is -2.57. The quantitative estimate of drug-likeness (QED) is 0.849. The molecule has 1 heterocycles. The van der Waals surface area contributed by atoms with Crippen LogP contribution in [0.5, 0.6) is 0 Å². The molecule has 6 heteroatoms. The first-order valence-electron chi connectivity index (χ1n) is 7.61. The van der Waals surface area contributed by atoms with Crippen LogP contribution in [0.3, 0.4) is 0 Å². The molecular weight excluding hydrogens is 314 g/mol. The van der Waals surface area contributed by atoms with E-state index in [0.29, 0.717) is 18.8 Å². The van der Waals surface area contributed by atoms with Gasteiger partial charge in [-0.2, -0.15) is 0 Å². The topological polar surface area (TPSA) is 40.6 Å². The Morgan fingerprint density at radius 3 is 2.42 bits per heavy atom. The van der Waals surface area contributed by atoms with E-state index in [4.69, 9.17) is 0 Å². The van der Waals surface area contributed by atoms with Crippen molar-refractivity contribution in [1.82, 2.24) is 4.90 Å². The lowest BCUT2D eigenvalue weighted by molar-refractivity contribution is -0.124. The molecule has 24 heavy (non-hydrogen) atoms. The van der Waals surface area contributed by atoms with Gasteiger partial charge in [0.2, 0.25) is 5.91 Å². The van der Waals surface area contributed by atoms with Gasteiger partial charge in [0.1, 0.15) is 17.7 Å². The number of carbonyl (C=O) groups is 2. The van der Waals surface area contributed by atoms with Crippen molar-refractivity contribution in [3.8, 4) is 0 Å². The third-order valence-corrected chi connectivity index (χ3v) is 4.13. The minimum atomic E-state index is -0.681. The fraction of sp³-hybridized carbons (Fsp3) is 0.222. The zero-order valence-corrected chi connectivity index (χ0v) is 13.1. The zero-order chi connectivity index (χ0) is 17.3. The summed E-state index contributed by atoms with van der Waals surface area (Å²) in [5, 5.41) is 0. The van der Waals surface area contributed by atoms with Crippen LogP contribution in [0.15, 0.2) is 48.5 Å². The summed E-state index contributed by atoms with van der Waals surface area (Å²) >= 11 is 0. The lowest BCUT2D eigenvalue weighted by atomic mass is 10.1. The number of carbonyl (C=O) groups excluding carboxylic acids is 2. The molecule has 1 fully saturated rings. The highest BCUT2D eigenvalue weighted by Gasteiger charge is 2.35. The van der Waals surface area contributed by atoms with Crippen molar-refractivity contribution in [3.63, 3.8) is 0 Å². The highest BCUT2D eigenvalue weighted by Crippen LogP contribution is 2.22. The van der Waals surface area contributed by atoms with Crippen molar-refractivity contribution >= 4 is 17.5 Å². The van der Waals surface area contributed by atoms with Crippen LogP contribution in [0, 0.1) is 11.6 Å². The van der Waals surface area contributed by atoms with Gasteiger partial charge < -0.3 is 9.80 Å². The predicted octanol–water partition coefficient (Wildman–Crippen LogP) is 2.84. The molecular formula is C18H16F2N2O2. The Kier molecular flexibility index (Phi) is 4.29. The van der Waals surface area contributed by atoms with Crippen LogP contribution in [-0.4, -0.2) is 35.8 Å². The number of anilines is 1. The highest BCUT2D eigenvalue weighted by atomic mass is 19.1. The first-order valence-corrected chi connectivity index (χ1v) is 7.61. The second kappa shape index (κ2) is 6.39. The summed E-state index contributed by atoms with van der Waals surface area (Å²) in [6, 6.07) is 10.4. The molecule has 0 bridgehead atoms. The van der Waals surface area contributed by atoms with Crippen LogP contribution in [0.25, 0.3) is 0 Å². The van der Waals surface area contributed by atoms with E-state index in [1.165, 1.54) is 52.3 Å². The monoisotopic (exact) mass is 330 g/mol. The van der Waals surface area contributed by atoms with Crippen LogP contribution < -0.4 is 4.90 Å². The first kappa shape index (κ1) is 16.1. The van der Waals surface area contributed by atoms with Crippen molar-refractivity contribution in [2.24, 2.45) is 0 Å². The molecule has 2 aromatic carbocycles. The second-order valence-corrected chi connectivity index (χ2v) is 5.65. The average molecular weight is 330 g/mol. The molecule has 1 aliphatic rings. The van der Waals surface area contributed by atoms with E-state index >= 15 is 0 Å².